The molecule has 0 bridgehead atoms. The minimum absolute atomic E-state index is 0.0701. The van der Waals surface area contributed by atoms with Gasteiger partial charge < -0.3 is 5.11 Å². The average Bonchev–Trinajstić information content (AvgIpc) is 2.08. The average molecular weight is 231 g/mol. The van der Waals surface area contributed by atoms with Crippen molar-refractivity contribution in [1.82, 2.24) is 0 Å². The molecule has 0 fully saturated rings. The summed E-state index contributed by atoms with van der Waals surface area (Å²) in [5.41, 5.74) is 2.00. The summed E-state index contributed by atoms with van der Waals surface area (Å²) in [6.07, 6.45) is 0. The van der Waals surface area contributed by atoms with E-state index >= 15 is 0 Å². The molecule has 0 saturated heterocycles. The lowest BCUT2D eigenvalue weighted by Gasteiger charge is -2.07. The topological polar surface area (TPSA) is 37.3 Å². The summed E-state index contributed by atoms with van der Waals surface area (Å²) >= 11 is 7.27. The zero-order valence-electron chi connectivity index (χ0n) is 8.00. The predicted octanol–water partition coefficient (Wildman–Crippen LogP) is 3.13. The maximum Gasteiger partial charge on any atom is 0.313 e. The fourth-order valence-corrected chi connectivity index (χ4v) is 2.28. The second-order valence-electron chi connectivity index (χ2n) is 3.05. The Morgan fingerprint density at radius 3 is 2.71 bits per heavy atom. The third kappa shape index (κ3) is 2.93. The normalized spacial score (nSPS) is 10.2. The molecule has 2 nitrogen and oxygen atoms in total. The van der Waals surface area contributed by atoms with Gasteiger partial charge in [-0.15, -0.1) is 11.8 Å². The van der Waals surface area contributed by atoms with E-state index in [4.69, 9.17) is 16.7 Å². The highest BCUT2D eigenvalue weighted by Crippen LogP contribution is 2.29. The molecular weight excluding hydrogens is 220 g/mol. The number of halogens is 1. The standard InChI is InChI=1S/C10H11ClO2S/c1-6-3-8(11)7(2)9(4-6)14-5-10(12)13/h3-4H,5H2,1-2H3,(H,12,13). The van der Waals surface area contributed by atoms with Gasteiger partial charge in [0.05, 0.1) is 5.75 Å². The molecule has 0 saturated carbocycles. The van der Waals surface area contributed by atoms with Gasteiger partial charge in [-0.2, -0.15) is 0 Å². The van der Waals surface area contributed by atoms with Crippen LogP contribution in [0.15, 0.2) is 17.0 Å². The number of carboxylic acids is 1. The van der Waals surface area contributed by atoms with Crippen molar-refractivity contribution in [2.45, 2.75) is 18.7 Å². The molecule has 0 atom stereocenters. The molecule has 76 valence electrons. The van der Waals surface area contributed by atoms with Crippen LogP contribution in [0.3, 0.4) is 0 Å². The first-order valence-electron chi connectivity index (χ1n) is 4.12. The van der Waals surface area contributed by atoms with Crippen LogP contribution in [-0.4, -0.2) is 16.8 Å². The van der Waals surface area contributed by atoms with Crippen molar-refractivity contribution in [2.75, 3.05) is 5.75 Å². The van der Waals surface area contributed by atoms with E-state index in [1.807, 2.05) is 26.0 Å². The second kappa shape index (κ2) is 4.71. The van der Waals surface area contributed by atoms with Crippen molar-refractivity contribution in [3.05, 3.63) is 28.3 Å². The SMILES string of the molecule is Cc1cc(Cl)c(C)c(SCC(=O)O)c1. The number of hydrogen-bond acceptors (Lipinski definition) is 2. The van der Waals surface area contributed by atoms with Crippen molar-refractivity contribution < 1.29 is 9.90 Å². The van der Waals surface area contributed by atoms with Crippen LogP contribution in [0.4, 0.5) is 0 Å². The molecular formula is C10H11ClO2S. The van der Waals surface area contributed by atoms with Crippen LogP contribution in [0.25, 0.3) is 0 Å². The van der Waals surface area contributed by atoms with Crippen LogP contribution in [0.5, 0.6) is 0 Å². The summed E-state index contributed by atoms with van der Waals surface area (Å²) in [6, 6.07) is 3.83. The van der Waals surface area contributed by atoms with Gasteiger partial charge in [0, 0.05) is 9.92 Å². The first kappa shape index (κ1) is 11.4. The summed E-state index contributed by atoms with van der Waals surface area (Å²) < 4.78 is 0. The monoisotopic (exact) mass is 230 g/mol. The minimum Gasteiger partial charge on any atom is -0.481 e. The molecule has 0 unspecified atom stereocenters. The van der Waals surface area contributed by atoms with Gasteiger partial charge in [-0.1, -0.05) is 11.6 Å². The van der Waals surface area contributed by atoms with Crippen molar-refractivity contribution in [3.8, 4) is 0 Å². The molecule has 0 aliphatic rings. The van der Waals surface area contributed by atoms with Gasteiger partial charge in [0.2, 0.25) is 0 Å². The van der Waals surface area contributed by atoms with Gasteiger partial charge >= 0.3 is 5.97 Å². The quantitative estimate of drug-likeness (QED) is 0.811. The molecule has 0 amide bonds. The van der Waals surface area contributed by atoms with E-state index in [0.29, 0.717) is 5.02 Å². The highest BCUT2D eigenvalue weighted by atomic mass is 35.5. The van der Waals surface area contributed by atoms with E-state index in [1.54, 1.807) is 0 Å². The number of rotatable bonds is 3. The van der Waals surface area contributed by atoms with Crippen LogP contribution in [0, 0.1) is 13.8 Å². The fourth-order valence-electron chi connectivity index (χ4n) is 1.07. The van der Waals surface area contributed by atoms with Crippen molar-refractivity contribution in [3.63, 3.8) is 0 Å². The van der Waals surface area contributed by atoms with Crippen LogP contribution >= 0.6 is 23.4 Å². The van der Waals surface area contributed by atoms with Crippen molar-refractivity contribution in [2.24, 2.45) is 0 Å². The number of aliphatic carboxylic acids is 1. The lowest BCUT2D eigenvalue weighted by molar-refractivity contribution is -0.133. The molecule has 0 radical (unpaired) electrons. The van der Waals surface area contributed by atoms with Gasteiger partial charge in [-0.3, -0.25) is 4.79 Å². The Kier molecular flexibility index (Phi) is 3.84. The molecule has 0 aliphatic carbocycles. The first-order chi connectivity index (χ1) is 6.50. The van der Waals surface area contributed by atoms with Crippen molar-refractivity contribution in [1.29, 1.82) is 0 Å². The molecule has 1 rings (SSSR count). The van der Waals surface area contributed by atoms with E-state index in [9.17, 15) is 4.79 Å². The summed E-state index contributed by atoms with van der Waals surface area (Å²) in [5, 5.41) is 9.24. The first-order valence-corrected chi connectivity index (χ1v) is 5.48. The molecule has 0 spiro atoms. The maximum absolute atomic E-state index is 10.4. The van der Waals surface area contributed by atoms with Crippen LogP contribution in [0.1, 0.15) is 11.1 Å². The molecule has 14 heavy (non-hydrogen) atoms. The fraction of sp³-hybridized carbons (Fsp3) is 0.300. The summed E-state index contributed by atoms with van der Waals surface area (Å²) in [7, 11) is 0. The van der Waals surface area contributed by atoms with Gasteiger partial charge in [0.1, 0.15) is 0 Å². The Labute approximate surface area is 92.3 Å². The zero-order valence-corrected chi connectivity index (χ0v) is 9.58. The number of benzene rings is 1. The summed E-state index contributed by atoms with van der Waals surface area (Å²) in [4.78, 5) is 11.3. The van der Waals surface area contributed by atoms with Gasteiger partial charge in [0.15, 0.2) is 0 Å². The largest absolute Gasteiger partial charge is 0.481 e. The van der Waals surface area contributed by atoms with E-state index in [2.05, 4.69) is 0 Å². The van der Waals surface area contributed by atoms with Gasteiger partial charge in [0.25, 0.3) is 0 Å². The number of thioether (sulfide) groups is 1. The molecule has 1 aromatic carbocycles. The lowest BCUT2D eigenvalue weighted by atomic mass is 10.2. The highest BCUT2D eigenvalue weighted by molar-refractivity contribution is 8.00. The molecule has 0 aromatic heterocycles. The van der Waals surface area contributed by atoms with Gasteiger partial charge in [-0.25, -0.2) is 0 Å². The van der Waals surface area contributed by atoms with E-state index in [0.717, 1.165) is 16.0 Å². The number of carbonyl (C=O) groups is 1. The van der Waals surface area contributed by atoms with E-state index < -0.39 is 5.97 Å². The summed E-state index contributed by atoms with van der Waals surface area (Å²) in [6.45, 7) is 3.84. The molecule has 0 heterocycles. The number of aryl methyl sites for hydroxylation is 1. The minimum atomic E-state index is -0.813. The highest BCUT2D eigenvalue weighted by Gasteiger charge is 2.06. The zero-order chi connectivity index (χ0) is 10.7. The number of carboxylic acid groups (broad SMARTS) is 1. The van der Waals surface area contributed by atoms with Gasteiger partial charge in [-0.05, 0) is 37.1 Å². The Balaban J connectivity index is 2.90. The van der Waals surface area contributed by atoms with Crippen LogP contribution < -0.4 is 0 Å². The third-order valence-corrected chi connectivity index (χ3v) is 3.31. The lowest BCUT2D eigenvalue weighted by Crippen LogP contribution is -1.98. The molecule has 1 N–H and O–H groups in total. The Morgan fingerprint density at radius 1 is 1.50 bits per heavy atom. The van der Waals surface area contributed by atoms with Crippen LogP contribution in [0.2, 0.25) is 5.02 Å². The predicted molar refractivity (Wildman–Crippen MR) is 59.3 cm³/mol. The smallest absolute Gasteiger partial charge is 0.313 e. The number of hydrogen-bond donors (Lipinski definition) is 1. The van der Waals surface area contributed by atoms with Crippen LogP contribution in [-0.2, 0) is 4.79 Å². The second-order valence-corrected chi connectivity index (χ2v) is 4.48. The maximum atomic E-state index is 10.4. The van der Waals surface area contributed by atoms with Crippen molar-refractivity contribution >= 4 is 29.3 Å². The molecule has 1 aromatic rings. The van der Waals surface area contributed by atoms with E-state index in [-0.39, 0.29) is 5.75 Å². The molecule has 0 aliphatic heterocycles. The summed E-state index contributed by atoms with van der Waals surface area (Å²) in [5.74, 6) is -0.743. The molecule has 4 heteroatoms. The Hall–Kier alpha value is -0.670. The third-order valence-electron chi connectivity index (χ3n) is 1.79. The Bertz CT molecular complexity index is 363. The Morgan fingerprint density at radius 2 is 2.14 bits per heavy atom. The van der Waals surface area contributed by atoms with E-state index in [1.165, 1.54) is 11.8 Å².